The average Bonchev–Trinajstić information content (AvgIpc) is 2.99. The van der Waals surface area contributed by atoms with Crippen LogP contribution in [0.5, 0.6) is 0 Å². The van der Waals surface area contributed by atoms with Crippen LogP contribution in [0.1, 0.15) is 30.5 Å². The van der Waals surface area contributed by atoms with Crippen LogP contribution in [0.15, 0.2) is 9.95 Å². The van der Waals surface area contributed by atoms with E-state index in [4.69, 9.17) is 0 Å². The smallest absolute Gasteiger partial charge is 0.254 e. The van der Waals surface area contributed by atoms with Gasteiger partial charge in [0.05, 0.1) is 5.69 Å². The molecule has 3 rings (SSSR count). The van der Waals surface area contributed by atoms with Crippen LogP contribution in [0.25, 0.3) is 0 Å². The first-order valence-corrected chi connectivity index (χ1v) is 7.79. The van der Waals surface area contributed by atoms with Gasteiger partial charge >= 0.3 is 0 Å². The van der Waals surface area contributed by atoms with Crippen LogP contribution in [-0.2, 0) is 12.8 Å². The summed E-state index contributed by atoms with van der Waals surface area (Å²) in [4.78, 5) is 21.8. The number of fused-ring (bicyclic) bond motifs is 1. The van der Waals surface area contributed by atoms with Gasteiger partial charge in [0, 0.05) is 17.9 Å². The molecule has 18 heavy (non-hydrogen) atoms. The summed E-state index contributed by atoms with van der Waals surface area (Å²) >= 11 is 1.68. The number of nitrogens with one attached hydrogen (secondary N) is 1. The molecule has 1 saturated heterocycles. The summed E-state index contributed by atoms with van der Waals surface area (Å²) in [5, 5.41) is 0.805. The van der Waals surface area contributed by atoms with Gasteiger partial charge in [-0.05, 0) is 45.2 Å². The predicted octanol–water partition coefficient (Wildman–Crippen LogP) is 1.45. The molecule has 1 aliphatic carbocycles. The predicted molar refractivity (Wildman–Crippen MR) is 73.3 cm³/mol. The number of aromatic nitrogens is 2. The van der Waals surface area contributed by atoms with Gasteiger partial charge in [-0.25, -0.2) is 4.98 Å². The first-order chi connectivity index (χ1) is 8.83. The minimum absolute atomic E-state index is 0.0844. The van der Waals surface area contributed by atoms with Gasteiger partial charge in [-0.15, -0.1) is 0 Å². The number of likely N-dealkylation sites (tertiary alicyclic amines) is 1. The van der Waals surface area contributed by atoms with Crippen molar-refractivity contribution in [2.45, 2.75) is 37.3 Å². The van der Waals surface area contributed by atoms with E-state index in [2.05, 4.69) is 14.9 Å². The Labute approximate surface area is 111 Å². The zero-order chi connectivity index (χ0) is 12.4. The lowest BCUT2D eigenvalue weighted by Crippen LogP contribution is -2.22. The quantitative estimate of drug-likeness (QED) is 0.661. The van der Waals surface area contributed by atoms with E-state index in [-0.39, 0.29) is 5.56 Å². The number of aromatic amines is 1. The minimum Gasteiger partial charge on any atom is -0.303 e. The molecule has 0 spiro atoms. The fourth-order valence-electron chi connectivity index (χ4n) is 2.76. The van der Waals surface area contributed by atoms with Gasteiger partial charge in [0.2, 0.25) is 0 Å². The molecule has 1 N–H and O–H groups in total. The molecule has 1 aliphatic heterocycles. The molecular formula is C13H19N3OS. The van der Waals surface area contributed by atoms with Crippen LogP contribution in [-0.4, -0.2) is 40.3 Å². The molecule has 98 valence electrons. The number of nitrogens with zero attached hydrogens (tertiary/aromatic N) is 2. The van der Waals surface area contributed by atoms with Crippen molar-refractivity contribution in [1.82, 2.24) is 14.9 Å². The van der Waals surface area contributed by atoms with Crippen LogP contribution in [0.2, 0.25) is 0 Å². The number of H-pyrrole nitrogens is 1. The van der Waals surface area contributed by atoms with Gasteiger partial charge in [0.1, 0.15) is 0 Å². The molecule has 1 fully saturated rings. The number of hydrogen-bond acceptors (Lipinski definition) is 4. The van der Waals surface area contributed by atoms with E-state index in [1.807, 2.05) is 0 Å². The Kier molecular flexibility index (Phi) is 3.70. The molecular weight excluding hydrogens is 246 g/mol. The van der Waals surface area contributed by atoms with E-state index in [9.17, 15) is 4.79 Å². The summed E-state index contributed by atoms with van der Waals surface area (Å²) in [6.07, 6.45) is 5.61. The molecule has 0 aromatic carbocycles. The van der Waals surface area contributed by atoms with E-state index >= 15 is 0 Å². The first-order valence-electron chi connectivity index (χ1n) is 6.80. The highest BCUT2D eigenvalue weighted by Gasteiger charge is 2.17. The normalized spacial score (nSPS) is 19.3. The van der Waals surface area contributed by atoms with Crippen molar-refractivity contribution in [3.8, 4) is 0 Å². The van der Waals surface area contributed by atoms with Crippen LogP contribution >= 0.6 is 11.8 Å². The van der Waals surface area contributed by atoms with Gasteiger partial charge in [0.25, 0.3) is 5.56 Å². The maximum atomic E-state index is 11.8. The summed E-state index contributed by atoms with van der Waals surface area (Å²) in [6, 6.07) is 0. The minimum atomic E-state index is 0.0844. The molecule has 0 radical (unpaired) electrons. The first kappa shape index (κ1) is 12.2. The van der Waals surface area contributed by atoms with E-state index in [1.165, 1.54) is 25.9 Å². The second kappa shape index (κ2) is 5.45. The van der Waals surface area contributed by atoms with E-state index < -0.39 is 0 Å². The van der Waals surface area contributed by atoms with Crippen molar-refractivity contribution in [2.24, 2.45) is 0 Å². The van der Waals surface area contributed by atoms with Crippen molar-refractivity contribution in [1.29, 1.82) is 0 Å². The zero-order valence-electron chi connectivity index (χ0n) is 10.6. The standard InChI is InChI=1S/C13H19N3OS/c17-12-10-4-3-5-11(10)14-13(15-12)18-9-8-16-6-1-2-7-16/h1-9H2,(H,14,15,17). The number of rotatable bonds is 4. The number of thioether (sulfide) groups is 1. The average molecular weight is 265 g/mol. The monoisotopic (exact) mass is 265 g/mol. The summed E-state index contributed by atoms with van der Waals surface area (Å²) in [5.74, 6) is 1.02. The van der Waals surface area contributed by atoms with Crippen LogP contribution in [0.3, 0.4) is 0 Å². The Morgan fingerprint density at radius 1 is 1.22 bits per heavy atom. The molecule has 5 heteroatoms. The summed E-state index contributed by atoms with van der Waals surface area (Å²) in [5.41, 5.74) is 2.03. The largest absolute Gasteiger partial charge is 0.303 e. The molecule has 0 amide bonds. The van der Waals surface area contributed by atoms with Gasteiger partial charge in [-0.2, -0.15) is 0 Å². The zero-order valence-corrected chi connectivity index (χ0v) is 11.4. The Morgan fingerprint density at radius 3 is 2.89 bits per heavy atom. The molecule has 2 heterocycles. The molecule has 0 saturated carbocycles. The Hall–Kier alpha value is -0.810. The van der Waals surface area contributed by atoms with Gasteiger partial charge in [0.15, 0.2) is 5.16 Å². The molecule has 0 atom stereocenters. The number of hydrogen-bond donors (Lipinski definition) is 1. The van der Waals surface area contributed by atoms with Crippen molar-refractivity contribution in [3.63, 3.8) is 0 Å². The summed E-state index contributed by atoms with van der Waals surface area (Å²) < 4.78 is 0. The maximum absolute atomic E-state index is 11.8. The van der Waals surface area contributed by atoms with Crippen LogP contribution < -0.4 is 5.56 Å². The third-order valence-electron chi connectivity index (χ3n) is 3.76. The molecule has 1 aromatic rings. The summed E-state index contributed by atoms with van der Waals surface area (Å²) in [6.45, 7) is 3.56. The van der Waals surface area contributed by atoms with E-state index in [0.29, 0.717) is 0 Å². The molecule has 4 nitrogen and oxygen atoms in total. The van der Waals surface area contributed by atoms with Gasteiger partial charge in [-0.1, -0.05) is 11.8 Å². The SMILES string of the molecule is O=c1[nH]c(SCCN2CCCC2)nc2c1CCC2. The Morgan fingerprint density at radius 2 is 2.06 bits per heavy atom. The third-order valence-corrected chi connectivity index (χ3v) is 4.62. The summed E-state index contributed by atoms with van der Waals surface area (Å²) in [7, 11) is 0. The Bertz CT molecular complexity index is 480. The molecule has 1 aromatic heterocycles. The van der Waals surface area contributed by atoms with Crippen LogP contribution in [0.4, 0.5) is 0 Å². The lowest BCUT2D eigenvalue weighted by molar-refractivity contribution is 0.362. The van der Waals surface area contributed by atoms with Crippen molar-refractivity contribution in [2.75, 3.05) is 25.4 Å². The van der Waals surface area contributed by atoms with Crippen molar-refractivity contribution >= 4 is 11.8 Å². The third kappa shape index (κ3) is 2.62. The van der Waals surface area contributed by atoms with Crippen LogP contribution in [0, 0.1) is 0 Å². The number of aryl methyl sites for hydroxylation is 1. The van der Waals surface area contributed by atoms with Gasteiger partial charge < -0.3 is 9.88 Å². The maximum Gasteiger partial charge on any atom is 0.254 e. The fraction of sp³-hybridized carbons (Fsp3) is 0.692. The van der Waals surface area contributed by atoms with Gasteiger partial charge in [-0.3, -0.25) is 4.79 Å². The fourth-order valence-corrected chi connectivity index (χ4v) is 3.65. The second-order valence-corrected chi connectivity index (χ2v) is 6.13. The van der Waals surface area contributed by atoms with E-state index in [0.717, 1.165) is 48.0 Å². The van der Waals surface area contributed by atoms with E-state index in [1.54, 1.807) is 11.8 Å². The highest BCUT2D eigenvalue weighted by molar-refractivity contribution is 7.99. The highest BCUT2D eigenvalue weighted by Crippen LogP contribution is 2.19. The topological polar surface area (TPSA) is 49.0 Å². The highest BCUT2D eigenvalue weighted by atomic mass is 32.2. The Balaban J connectivity index is 1.59. The molecule has 0 bridgehead atoms. The van der Waals surface area contributed by atoms with Crippen molar-refractivity contribution < 1.29 is 0 Å². The lowest BCUT2D eigenvalue weighted by atomic mass is 10.3. The van der Waals surface area contributed by atoms with Crippen molar-refractivity contribution in [3.05, 3.63) is 21.6 Å². The molecule has 0 unspecified atom stereocenters. The lowest BCUT2D eigenvalue weighted by Gasteiger charge is -2.13. The molecule has 2 aliphatic rings. The second-order valence-electron chi connectivity index (χ2n) is 5.05.